The Morgan fingerprint density at radius 2 is 2.40 bits per heavy atom. The highest BCUT2D eigenvalue weighted by Gasteiger charge is 2.50. The summed E-state index contributed by atoms with van der Waals surface area (Å²) >= 11 is 0. The Kier molecular flexibility index (Phi) is 2.52. The van der Waals surface area contributed by atoms with Crippen molar-refractivity contribution in [1.29, 1.82) is 0 Å². The molecule has 0 aromatic carbocycles. The van der Waals surface area contributed by atoms with Gasteiger partial charge in [0.2, 0.25) is 5.91 Å². The number of hydrogen-bond donors (Lipinski definition) is 2. The summed E-state index contributed by atoms with van der Waals surface area (Å²) in [5.74, 6) is 1.07. The van der Waals surface area contributed by atoms with E-state index >= 15 is 0 Å². The van der Waals surface area contributed by atoms with Crippen LogP contribution in [0.5, 0.6) is 0 Å². The molecule has 4 nitrogen and oxygen atoms in total. The molecule has 1 saturated carbocycles. The van der Waals surface area contributed by atoms with Gasteiger partial charge in [-0.15, -0.1) is 0 Å². The minimum atomic E-state index is -0.144. The van der Waals surface area contributed by atoms with Crippen LogP contribution < -0.4 is 10.2 Å². The number of amides is 1. The van der Waals surface area contributed by atoms with Crippen molar-refractivity contribution in [3.8, 4) is 0 Å². The van der Waals surface area contributed by atoms with Gasteiger partial charge < -0.3 is 15.2 Å². The summed E-state index contributed by atoms with van der Waals surface area (Å²) in [4.78, 5) is 16.9. The predicted molar refractivity (Wildman–Crippen MR) is 59.8 cm³/mol. The molecular weight excluding hydrogens is 190 g/mol. The van der Waals surface area contributed by atoms with Gasteiger partial charge in [-0.1, -0.05) is 0 Å². The predicted octanol–water partition coefficient (Wildman–Crippen LogP) is 0.977. The molecule has 1 fully saturated rings. The van der Waals surface area contributed by atoms with Crippen LogP contribution in [0.15, 0.2) is 18.3 Å². The van der Waals surface area contributed by atoms with Crippen LogP contribution in [0.3, 0.4) is 0 Å². The number of hydrogen-bond acceptors (Lipinski definition) is 2. The minimum absolute atomic E-state index is 0.144. The third-order valence-corrected chi connectivity index (χ3v) is 3.07. The smallest absolute Gasteiger partial charge is 0.235 e. The highest BCUT2D eigenvalue weighted by molar-refractivity contribution is 5.98. The third kappa shape index (κ3) is 1.77. The fourth-order valence-electron chi connectivity index (χ4n) is 1.95. The van der Waals surface area contributed by atoms with Crippen LogP contribution in [-0.4, -0.2) is 31.5 Å². The molecule has 1 aromatic heterocycles. The Hall–Kier alpha value is -1.29. The fourth-order valence-corrected chi connectivity index (χ4v) is 1.95. The zero-order valence-corrected chi connectivity index (χ0v) is 9.21. The van der Waals surface area contributed by atoms with Crippen LogP contribution >= 0.6 is 0 Å². The molecule has 1 aromatic rings. The van der Waals surface area contributed by atoms with Crippen LogP contribution in [0.4, 0.5) is 5.82 Å². The highest BCUT2D eigenvalue weighted by Crippen LogP contribution is 2.46. The molecule has 1 aliphatic carbocycles. The van der Waals surface area contributed by atoms with Crippen molar-refractivity contribution in [2.24, 2.45) is 5.41 Å². The molecule has 0 bridgehead atoms. The van der Waals surface area contributed by atoms with Crippen molar-refractivity contribution >= 4 is 11.7 Å². The van der Waals surface area contributed by atoms with Gasteiger partial charge in [0, 0.05) is 19.8 Å². The molecule has 0 unspecified atom stereocenters. The van der Waals surface area contributed by atoms with E-state index in [4.69, 9.17) is 0 Å². The second-order valence-electron chi connectivity index (χ2n) is 4.23. The molecule has 1 heterocycles. The van der Waals surface area contributed by atoms with Gasteiger partial charge in [0.15, 0.2) is 0 Å². The first-order valence-electron chi connectivity index (χ1n) is 5.26. The maximum atomic E-state index is 12.2. The van der Waals surface area contributed by atoms with Gasteiger partial charge >= 0.3 is 0 Å². The Morgan fingerprint density at radius 3 is 2.87 bits per heavy atom. The van der Waals surface area contributed by atoms with Crippen LogP contribution in [0.25, 0.3) is 0 Å². The molecule has 4 heteroatoms. The van der Waals surface area contributed by atoms with Crippen molar-refractivity contribution in [1.82, 2.24) is 10.3 Å². The summed E-state index contributed by atoms with van der Waals surface area (Å²) in [6.07, 6.45) is 3.83. The lowest BCUT2D eigenvalue weighted by molar-refractivity contribution is -0.123. The average Bonchev–Trinajstić information content (AvgIpc) is 2.82. The van der Waals surface area contributed by atoms with Crippen LogP contribution in [0.1, 0.15) is 12.8 Å². The van der Waals surface area contributed by atoms with E-state index in [1.807, 2.05) is 32.4 Å². The van der Waals surface area contributed by atoms with E-state index in [1.54, 1.807) is 4.90 Å². The van der Waals surface area contributed by atoms with E-state index < -0.39 is 0 Å². The Morgan fingerprint density at radius 1 is 1.67 bits per heavy atom. The zero-order valence-electron chi connectivity index (χ0n) is 9.21. The van der Waals surface area contributed by atoms with Gasteiger partial charge in [-0.25, -0.2) is 0 Å². The van der Waals surface area contributed by atoms with Gasteiger partial charge in [0.1, 0.15) is 5.82 Å². The van der Waals surface area contributed by atoms with Gasteiger partial charge in [-0.2, -0.15) is 0 Å². The summed E-state index contributed by atoms with van der Waals surface area (Å²) in [6.45, 7) is 0.775. The molecule has 0 aliphatic heterocycles. The maximum Gasteiger partial charge on any atom is 0.235 e. The SMILES string of the molecule is CNCC1(C(=O)N(C)c2ccc[nH]2)CC1. The number of rotatable bonds is 4. The highest BCUT2D eigenvalue weighted by atomic mass is 16.2. The molecule has 0 radical (unpaired) electrons. The molecule has 1 amide bonds. The first-order valence-corrected chi connectivity index (χ1v) is 5.26. The lowest BCUT2D eigenvalue weighted by Crippen LogP contribution is -2.39. The Bertz CT molecular complexity index is 341. The second kappa shape index (κ2) is 3.70. The molecule has 82 valence electrons. The summed E-state index contributed by atoms with van der Waals surface area (Å²) < 4.78 is 0. The Labute approximate surface area is 89.7 Å². The standard InChI is InChI=1S/C11H17N3O/c1-12-8-11(5-6-11)10(15)14(2)9-4-3-7-13-9/h3-4,7,12-13H,5-6,8H2,1-2H3. The van der Waals surface area contributed by atoms with E-state index in [9.17, 15) is 4.79 Å². The van der Waals surface area contributed by atoms with Crippen molar-refractivity contribution < 1.29 is 4.79 Å². The topological polar surface area (TPSA) is 48.1 Å². The number of H-pyrrole nitrogens is 1. The van der Waals surface area contributed by atoms with E-state index in [0.717, 1.165) is 25.2 Å². The number of nitrogens with zero attached hydrogens (tertiary/aromatic N) is 1. The lowest BCUT2D eigenvalue weighted by Gasteiger charge is -2.22. The first-order chi connectivity index (χ1) is 7.19. The largest absolute Gasteiger partial charge is 0.348 e. The number of aromatic amines is 1. The van der Waals surface area contributed by atoms with E-state index in [0.29, 0.717) is 0 Å². The molecule has 0 spiro atoms. The first kappa shape index (κ1) is 10.2. The molecule has 2 rings (SSSR count). The van der Waals surface area contributed by atoms with Gasteiger partial charge in [-0.05, 0) is 32.0 Å². The quantitative estimate of drug-likeness (QED) is 0.773. The van der Waals surface area contributed by atoms with Gasteiger partial charge in [0.25, 0.3) is 0 Å². The van der Waals surface area contributed by atoms with E-state index in [2.05, 4.69) is 10.3 Å². The normalized spacial score (nSPS) is 17.5. The summed E-state index contributed by atoms with van der Waals surface area (Å²) in [5, 5.41) is 3.09. The average molecular weight is 207 g/mol. The van der Waals surface area contributed by atoms with Crippen molar-refractivity contribution in [2.75, 3.05) is 25.5 Å². The van der Waals surface area contributed by atoms with Crippen molar-refractivity contribution in [3.05, 3.63) is 18.3 Å². The summed E-state index contributed by atoms with van der Waals surface area (Å²) in [6, 6.07) is 3.81. The van der Waals surface area contributed by atoms with Crippen LogP contribution in [0.2, 0.25) is 0 Å². The van der Waals surface area contributed by atoms with E-state index in [1.165, 1.54) is 0 Å². The van der Waals surface area contributed by atoms with Gasteiger partial charge in [0.05, 0.1) is 5.41 Å². The Balaban J connectivity index is 2.08. The summed E-state index contributed by atoms with van der Waals surface area (Å²) in [5.41, 5.74) is -0.144. The van der Waals surface area contributed by atoms with E-state index in [-0.39, 0.29) is 11.3 Å². The molecular formula is C11H17N3O. The zero-order chi connectivity index (χ0) is 10.9. The molecule has 0 saturated heterocycles. The van der Waals surface area contributed by atoms with Crippen molar-refractivity contribution in [2.45, 2.75) is 12.8 Å². The molecule has 1 aliphatic rings. The number of carbonyl (C=O) groups excluding carboxylic acids is 1. The number of aromatic nitrogens is 1. The maximum absolute atomic E-state index is 12.2. The number of nitrogens with one attached hydrogen (secondary N) is 2. The number of anilines is 1. The molecule has 15 heavy (non-hydrogen) atoms. The van der Waals surface area contributed by atoms with Gasteiger partial charge in [-0.3, -0.25) is 4.79 Å². The molecule has 0 atom stereocenters. The fraction of sp³-hybridized carbons (Fsp3) is 0.545. The minimum Gasteiger partial charge on any atom is -0.348 e. The van der Waals surface area contributed by atoms with Crippen LogP contribution in [0, 0.1) is 5.41 Å². The second-order valence-corrected chi connectivity index (χ2v) is 4.23. The molecule has 2 N–H and O–H groups in total. The number of carbonyl (C=O) groups is 1. The monoisotopic (exact) mass is 207 g/mol. The van der Waals surface area contributed by atoms with Crippen LogP contribution in [-0.2, 0) is 4.79 Å². The van der Waals surface area contributed by atoms with Crippen molar-refractivity contribution in [3.63, 3.8) is 0 Å². The lowest BCUT2D eigenvalue weighted by atomic mass is 10.1. The third-order valence-electron chi connectivity index (χ3n) is 3.07. The summed E-state index contributed by atoms with van der Waals surface area (Å²) in [7, 11) is 3.71.